The lowest BCUT2D eigenvalue weighted by atomic mass is 9.98. The van der Waals surface area contributed by atoms with Gasteiger partial charge < -0.3 is 4.52 Å². The summed E-state index contributed by atoms with van der Waals surface area (Å²) in [5, 5.41) is 3.63. The molecule has 0 aliphatic rings. The summed E-state index contributed by atoms with van der Waals surface area (Å²) in [7, 11) is -4.00. The molecule has 0 saturated heterocycles. The van der Waals surface area contributed by atoms with Crippen molar-refractivity contribution in [2.45, 2.75) is 11.6 Å². The van der Waals surface area contributed by atoms with Crippen molar-refractivity contribution in [3.8, 4) is 22.4 Å². The predicted octanol–water partition coefficient (Wildman–Crippen LogP) is 4.30. The van der Waals surface area contributed by atoms with Gasteiger partial charge in [-0.1, -0.05) is 17.3 Å². The van der Waals surface area contributed by atoms with Crippen molar-refractivity contribution >= 4 is 9.84 Å². The van der Waals surface area contributed by atoms with Crippen molar-refractivity contribution in [2.75, 3.05) is 6.26 Å². The number of nitrogens with zero attached hydrogens (tertiary/aromatic N) is 1. The van der Waals surface area contributed by atoms with E-state index in [4.69, 9.17) is 4.52 Å². The molecule has 0 amide bonds. The van der Waals surface area contributed by atoms with Crippen LogP contribution in [0.25, 0.3) is 22.4 Å². The summed E-state index contributed by atoms with van der Waals surface area (Å²) in [4.78, 5) is -0.829. The van der Waals surface area contributed by atoms with Crippen molar-refractivity contribution in [2.24, 2.45) is 0 Å². The predicted molar refractivity (Wildman–Crippen MR) is 85.2 cm³/mol. The fraction of sp³-hybridized carbons (Fsp3) is 0.118. The zero-order valence-corrected chi connectivity index (χ0v) is 14.1. The monoisotopic (exact) mass is 385 g/mol. The van der Waals surface area contributed by atoms with Crippen molar-refractivity contribution < 1.29 is 30.5 Å². The van der Waals surface area contributed by atoms with E-state index in [9.17, 15) is 26.0 Å². The molecular formula is C17H11F4NO3S. The standard InChI is InChI=1S/C17H11F4NO3S/c1-26(23,24)15-7-12(20)11(6-13(15)21)16-14(8-18)25-22-17(16)9-3-2-4-10(19)5-9/h2-7H,8H2,1H3. The van der Waals surface area contributed by atoms with Gasteiger partial charge in [-0.3, -0.25) is 0 Å². The summed E-state index contributed by atoms with van der Waals surface area (Å²) in [6.45, 7) is -1.17. The van der Waals surface area contributed by atoms with Crippen LogP contribution in [0.1, 0.15) is 5.76 Å². The Morgan fingerprint density at radius 2 is 1.81 bits per heavy atom. The SMILES string of the molecule is CS(=O)(=O)c1cc(F)c(-c2c(-c3cccc(F)c3)noc2CF)cc1F. The Morgan fingerprint density at radius 3 is 2.42 bits per heavy atom. The molecule has 0 aliphatic heterocycles. The van der Waals surface area contributed by atoms with Crippen molar-refractivity contribution in [1.29, 1.82) is 0 Å². The number of rotatable bonds is 4. The van der Waals surface area contributed by atoms with Gasteiger partial charge in [0.15, 0.2) is 22.3 Å². The van der Waals surface area contributed by atoms with Crippen LogP contribution < -0.4 is 0 Å². The molecule has 0 N–H and O–H groups in total. The Bertz CT molecular complexity index is 1090. The maximum absolute atomic E-state index is 14.5. The normalized spacial score (nSPS) is 11.7. The van der Waals surface area contributed by atoms with Crippen molar-refractivity contribution in [3.63, 3.8) is 0 Å². The van der Waals surface area contributed by atoms with Crippen LogP contribution in [-0.4, -0.2) is 19.8 Å². The van der Waals surface area contributed by atoms with E-state index in [0.717, 1.165) is 12.3 Å². The van der Waals surface area contributed by atoms with Gasteiger partial charge in [-0.2, -0.15) is 0 Å². The van der Waals surface area contributed by atoms with Crippen LogP contribution in [0.2, 0.25) is 0 Å². The first-order valence-electron chi connectivity index (χ1n) is 7.22. The van der Waals surface area contributed by atoms with Crippen molar-refractivity contribution in [3.05, 3.63) is 59.6 Å². The first-order chi connectivity index (χ1) is 12.2. The first kappa shape index (κ1) is 18.1. The summed E-state index contributed by atoms with van der Waals surface area (Å²) in [5.74, 6) is -3.32. The maximum atomic E-state index is 14.5. The molecular weight excluding hydrogens is 374 g/mol. The zero-order valence-electron chi connectivity index (χ0n) is 13.3. The van der Waals surface area contributed by atoms with Gasteiger partial charge >= 0.3 is 0 Å². The van der Waals surface area contributed by atoms with E-state index in [1.165, 1.54) is 18.2 Å². The number of alkyl halides is 1. The first-order valence-corrected chi connectivity index (χ1v) is 9.11. The minimum atomic E-state index is -4.00. The lowest BCUT2D eigenvalue weighted by Crippen LogP contribution is -2.03. The minimum Gasteiger partial charge on any atom is -0.357 e. The zero-order chi connectivity index (χ0) is 19.1. The molecule has 0 fully saturated rings. The van der Waals surface area contributed by atoms with Crippen LogP contribution in [-0.2, 0) is 16.5 Å². The van der Waals surface area contributed by atoms with Gasteiger partial charge in [0.05, 0.1) is 5.56 Å². The fourth-order valence-corrected chi connectivity index (χ4v) is 3.26. The summed E-state index contributed by atoms with van der Waals surface area (Å²) in [6, 6.07) is 6.17. The van der Waals surface area contributed by atoms with Crippen LogP contribution >= 0.6 is 0 Å². The Labute approximate surface area is 146 Å². The molecule has 26 heavy (non-hydrogen) atoms. The van der Waals surface area contributed by atoms with Gasteiger partial charge in [-0.05, 0) is 24.3 Å². The number of hydrogen-bond acceptors (Lipinski definition) is 4. The third-order valence-electron chi connectivity index (χ3n) is 3.67. The fourth-order valence-electron chi connectivity index (χ4n) is 2.53. The number of benzene rings is 2. The van der Waals surface area contributed by atoms with Gasteiger partial charge in [0, 0.05) is 17.4 Å². The summed E-state index contributed by atoms with van der Waals surface area (Å²) < 4.78 is 83.3. The molecule has 3 aromatic rings. The average molecular weight is 385 g/mol. The van der Waals surface area contributed by atoms with Crippen LogP contribution in [0.15, 0.2) is 45.8 Å². The van der Waals surface area contributed by atoms with Crippen LogP contribution in [0.5, 0.6) is 0 Å². The number of hydrogen-bond donors (Lipinski definition) is 0. The highest BCUT2D eigenvalue weighted by atomic mass is 32.2. The van der Waals surface area contributed by atoms with E-state index >= 15 is 0 Å². The van der Waals surface area contributed by atoms with E-state index in [1.807, 2.05) is 0 Å². The molecule has 0 aliphatic carbocycles. The lowest BCUT2D eigenvalue weighted by Gasteiger charge is -2.08. The van der Waals surface area contributed by atoms with E-state index < -0.39 is 50.2 Å². The second-order valence-corrected chi connectivity index (χ2v) is 7.49. The highest BCUT2D eigenvalue weighted by Gasteiger charge is 2.25. The molecule has 1 heterocycles. The molecule has 0 saturated carbocycles. The lowest BCUT2D eigenvalue weighted by molar-refractivity contribution is 0.332. The van der Waals surface area contributed by atoms with Crippen molar-refractivity contribution in [1.82, 2.24) is 5.16 Å². The maximum Gasteiger partial charge on any atom is 0.178 e. The quantitative estimate of drug-likeness (QED) is 0.629. The molecule has 2 aromatic carbocycles. The molecule has 136 valence electrons. The molecule has 0 unspecified atom stereocenters. The highest BCUT2D eigenvalue weighted by molar-refractivity contribution is 7.90. The van der Waals surface area contributed by atoms with Gasteiger partial charge in [-0.15, -0.1) is 0 Å². The molecule has 9 heteroatoms. The molecule has 0 atom stereocenters. The molecule has 1 aromatic heterocycles. The number of sulfone groups is 1. The highest BCUT2D eigenvalue weighted by Crippen LogP contribution is 2.38. The van der Waals surface area contributed by atoms with Crippen LogP contribution in [0.3, 0.4) is 0 Å². The Kier molecular flexibility index (Phi) is 4.57. The third kappa shape index (κ3) is 3.22. The summed E-state index contributed by atoms with van der Waals surface area (Å²) >= 11 is 0. The molecule has 4 nitrogen and oxygen atoms in total. The van der Waals surface area contributed by atoms with E-state index in [-0.39, 0.29) is 16.8 Å². The molecule has 3 rings (SSSR count). The van der Waals surface area contributed by atoms with Gasteiger partial charge in [0.2, 0.25) is 0 Å². The molecule has 0 spiro atoms. The third-order valence-corrected chi connectivity index (χ3v) is 4.78. The van der Waals surface area contributed by atoms with E-state index in [1.54, 1.807) is 0 Å². The van der Waals surface area contributed by atoms with Gasteiger partial charge in [0.1, 0.15) is 28.0 Å². The number of aromatic nitrogens is 1. The van der Waals surface area contributed by atoms with Gasteiger partial charge in [0.25, 0.3) is 0 Å². The van der Waals surface area contributed by atoms with Gasteiger partial charge in [-0.25, -0.2) is 26.0 Å². The molecule has 0 radical (unpaired) electrons. The topological polar surface area (TPSA) is 60.2 Å². The Morgan fingerprint density at radius 1 is 1.08 bits per heavy atom. The smallest absolute Gasteiger partial charge is 0.178 e. The molecule has 0 bridgehead atoms. The van der Waals surface area contributed by atoms with E-state index in [0.29, 0.717) is 12.1 Å². The second-order valence-electron chi connectivity index (χ2n) is 5.51. The summed E-state index contributed by atoms with van der Waals surface area (Å²) in [5.41, 5.74) is -0.587. The Balaban J connectivity index is 2.28. The summed E-state index contributed by atoms with van der Waals surface area (Å²) in [6.07, 6.45) is 0.731. The van der Waals surface area contributed by atoms with Crippen LogP contribution in [0, 0.1) is 17.5 Å². The van der Waals surface area contributed by atoms with Crippen LogP contribution in [0.4, 0.5) is 17.6 Å². The van der Waals surface area contributed by atoms with E-state index in [2.05, 4.69) is 5.16 Å². The largest absolute Gasteiger partial charge is 0.357 e. The number of halogens is 4. The Hall–Kier alpha value is -2.68. The minimum absolute atomic E-state index is 0.0949. The average Bonchev–Trinajstić information content (AvgIpc) is 2.99. The second kappa shape index (κ2) is 6.56.